The lowest BCUT2D eigenvalue weighted by Gasteiger charge is -2.28. The smallest absolute Gasteiger partial charge is 0.286 e. The summed E-state index contributed by atoms with van der Waals surface area (Å²) in [7, 11) is 0. The number of hydrogen-bond acceptors (Lipinski definition) is 5. The highest BCUT2D eigenvalue weighted by atomic mass is 35.5. The molecule has 1 N–H and O–H groups in total. The second kappa shape index (κ2) is 6.85. The molecule has 26 heavy (non-hydrogen) atoms. The molecule has 4 rings (SSSR count). The van der Waals surface area contributed by atoms with Crippen molar-refractivity contribution in [2.75, 3.05) is 6.61 Å². The van der Waals surface area contributed by atoms with Gasteiger partial charge in [0, 0.05) is 12.0 Å². The van der Waals surface area contributed by atoms with Gasteiger partial charge in [0.2, 0.25) is 5.91 Å². The Hall–Kier alpha value is -2.18. The van der Waals surface area contributed by atoms with Crippen molar-refractivity contribution >= 4 is 34.5 Å². The van der Waals surface area contributed by atoms with E-state index in [1.54, 1.807) is 6.07 Å². The van der Waals surface area contributed by atoms with E-state index >= 15 is 0 Å². The second-order valence-electron chi connectivity index (χ2n) is 6.29. The van der Waals surface area contributed by atoms with Gasteiger partial charge < -0.3 is 9.47 Å². The predicted molar refractivity (Wildman–Crippen MR) is 100 cm³/mol. The van der Waals surface area contributed by atoms with Gasteiger partial charge in [-0.2, -0.15) is 0 Å². The van der Waals surface area contributed by atoms with E-state index in [0.29, 0.717) is 35.3 Å². The van der Waals surface area contributed by atoms with E-state index < -0.39 is 5.25 Å². The van der Waals surface area contributed by atoms with E-state index in [1.165, 1.54) is 0 Å². The maximum Gasteiger partial charge on any atom is 0.286 e. The van der Waals surface area contributed by atoms with Crippen LogP contribution in [0.4, 0.5) is 4.79 Å². The number of fused-ring (bicyclic) bond motifs is 1. The monoisotopic (exact) mass is 389 g/mol. The van der Waals surface area contributed by atoms with Crippen LogP contribution in [0.3, 0.4) is 0 Å². The Balaban J connectivity index is 1.60. The van der Waals surface area contributed by atoms with Gasteiger partial charge in [0.05, 0.1) is 11.6 Å². The number of ether oxygens (including phenoxy) is 2. The Morgan fingerprint density at radius 2 is 2.08 bits per heavy atom. The molecule has 2 atom stereocenters. The van der Waals surface area contributed by atoms with Crippen molar-refractivity contribution in [1.82, 2.24) is 5.32 Å². The fourth-order valence-corrected chi connectivity index (χ4v) is 4.50. The van der Waals surface area contributed by atoms with E-state index in [4.69, 9.17) is 21.1 Å². The van der Waals surface area contributed by atoms with Crippen molar-refractivity contribution in [3.05, 3.63) is 52.5 Å². The standard InChI is InChI=1S/C19H16ClNO4S/c1-10-2-5-15(14(20)8-10)25-11-3-4-12-13(6-7-24-16(12)9-11)17-18(22)21-19(23)26-17/h2-5,8-9,13,17H,6-7H2,1H3,(H,21,22,23)/t13?,17-/m1/s1. The number of carbonyl (C=O) groups excluding carboxylic acids is 2. The second-order valence-corrected chi connectivity index (χ2v) is 7.82. The van der Waals surface area contributed by atoms with Crippen LogP contribution in [0.5, 0.6) is 17.2 Å². The van der Waals surface area contributed by atoms with Crippen LogP contribution in [0.15, 0.2) is 36.4 Å². The lowest BCUT2D eigenvalue weighted by molar-refractivity contribution is -0.119. The van der Waals surface area contributed by atoms with Crippen LogP contribution >= 0.6 is 23.4 Å². The van der Waals surface area contributed by atoms with Crippen molar-refractivity contribution in [3.8, 4) is 17.2 Å². The SMILES string of the molecule is Cc1ccc(Oc2ccc3c(c2)OCCC3[C@H]2SC(=O)NC2=O)c(Cl)c1. The van der Waals surface area contributed by atoms with Crippen molar-refractivity contribution < 1.29 is 19.1 Å². The van der Waals surface area contributed by atoms with Crippen LogP contribution in [0.1, 0.15) is 23.5 Å². The summed E-state index contributed by atoms with van der Waals surface area (Å²) < 4.78 is 11.6. The molecule has 1 saturated heterocycles. The minimum atomic E-state index is -0.413. The number of hydrogen-bond donors (Lipinski definition) is 1. The normalized spacial score (nSPS) is 21.8. The van der Waals surface area contributed by atoms with Crippen LogP contribution in [0, 0.1) is 6.92 Å². The molecule has 2 amide bonds. The zero-order valence-corrected chi connectivity index (χ0v) is 15.5. The van der Waals surface area contributed by atoms with Crippen LogP contribution in [0.2, 0.25) is 5.02 Å². The molecule has 2 heterocycles. The number of nitrogens with one attached hydrogen (secondary N) is 1. The van der Waals surface area contributed by atoms with E-state index in [-0.39, 0.29) is 17.1 Å². The van der Waals surface area contributed by atoms with Gasteiger partial charge in [-0.1, -0.05) is 35.5 Å². The lowest BCUT2D eigenvalue weighted by atomic mass is 9.89. The fraction of sp³-hybridized carbons (Fsp3) is 0.263. The molecular formula is C19H16ClNO4S. The largest absolute Gasteiger partial charge is 0.493 e. The molecule has 7 heteroatoms. The Morgan fingerprint density at radius 3 is 2.81 bits per heavy atom. The average molecular weight is 390 g/mol. The first-order chi connectivity index (χ1) is 12.5. The zero-order valence-electron chi connectivity index (χ0n) is 14.0. The highest BCUT2D eigenvalue weighted by molar-refractivity contribution is 8.15. The zero-order chi connectivity index (χ0) is 18.3. The number of thioether (sulfide) groups is 1. The first-order valence-corrected chi connectivity index (χ1v) is 9.49. The number of amides is 2. The van der Waals surface area contributed by atoms with Gasteiger partial charge in [-0.05, 0) is 42.7 Å². The summed E-state index contributed by atoms with van der Waals surface area (Å²) in [6, 6.07) is 11.1. The third-order valence-electron chi connectivity index (χ3n) is 4.47. The van der Waals surface area contributed by atoms with Crippen LogP contribution in [-0.4, -0.2) is 23.0 Å². The van der Waals surface area contributed by atoms with Crippen molar-refractivity contribution in [2.45, 2.75) is 24.5 Å². The molecule has 1 fully saturated rings. The first kappa shape index (κ1) is 17.2. The summed E-state index contributed by atoms with van der Waals surface area (Å²) in [5.74, 6) is 1.56. The molecule has 134 valence electrons. The van der Waals surface area contributed by atoms with Crippen LogP contribution in [0.25, 0.3) is 0 Å². The molecular weight excluding hydrogens is 374 g/mol. The Bertz CT molecular complexity index is 901. The summed E-state index contributed by atoms with van der Waals surface area (Å²) in [4.78, 5) is 23.5. The number of aryl methyl sites for hydroxylation is 1. The van der Waals surface area contributed by atoms with Crippen molar-refractivity contribution in [2.24, 2.45) is 0 Å². The number of imide groups is 1. The van der Waals surface area contributed by atoms with Gasteiger partial charge in [0.25, 0.3) is 5.24 Å². The molecule has 0 bridgehead atoms. The summed E-state index contributed by atoms with van der Waals surface area (Å²) in [6.45, 7) is 2.45. The van der Waals surface area contributed by atoms with E-state index in [0.717, 1.165) is 22.9 Å². The average Bonchev–Trinajstić information content (AvgIpc) is 2.95. The molecule has 2 aromatic carbocycles. The van der Waals surface area contributed by atoms with Gasteiger partial charge in [-0.15, -0.1) is 0 Å². The van der Waals surface area contributed by atoms with Crippen LogP contribution in [-0.2, 0) is 4.79 Å². The van der Waals surface area contributed by atoms with E-state index in [9.17, 15) is 9.59 Å². The molecule has 5 nitrogen and oxygen atoms in total. The van der Waals surface area contributed by atoms with Gasteiger partial charge in [-0.3, -0.25) is 14.9 Å². The minimum Gasteiger partial charge on any atom is -0.493 e. The molecule has 1 unspecified atom stereocenters. The Morgan fingerprint density at radius 1 is 1.23 bits per heavy atom. The predicted octanol–water partition coefficient (Wildman–Crippen LogP) is 4.66. The van der Waals surface area contributed by atoms with Gasteiger partial charge in [0.15, 0.2) is 0 Å². The maximum absolute atomic E-state index is 12.0. The summed E-state index contributed by atoms with van der Waals surface area (Å²) in [6.07, 6.45) is 0.690. The molecule has 2 aromatic rings. The Labute approximate surface area is 160 Å². The van der Waals surface area contributed by atoms with Crippen molar-refractivity contribution in [3.63, 3.8) is 0 Å². The quantitative estimate of drug-likeness (QED) is 0.827. The molecule has 2 aliphatic rings. The van der Waals surface area contributed by atoms with Crippen molar-refractivity contribution in [1.29, 1.82) is 0 Å². The number of rotatable bonds is 3. The molecule has 0 aromatic heterocycles. The molecule has 0 radical (unpaired) electrons. The maximum atomic E-state index is 12.0. The van der Waals surface area contributed by atoms with E-state index in [1.807, 2.05) is 37.3 Å². The highest BCUT2D eigenvalue weighted by Crippen LogP contribution is 2.43. The number of carbonyl (C=O) groups is 2. The molecule has 0 aliphatic carbocycles. The molecule has 2 aliphatic heterocycles. The molecule has 0 spiro atoms. The molecule has 0 saturated carbocycles. The van der Waals surface area contributed by atoms with Crippen LogP contribution < -0.4 is 14.8 Å². The fourth-order valence-electron chi connectivity index (χ4n) is 3.23. The van der Waals surface area contributed by atoms with Gasteiger partial charge in [0.1, 0.15) is 22.5 Å². The third-order valence-corrected chi connectivity index (χ3v) is 5.88. The summed E-state index contributed by atoms with van der Waals surface area (Å²) >= 11 is 7.28. The number of halogens is 1. The van der Waals surface area contributed by atoms with Gasteiger partial charge in [-0.25, -0.2) is 0 Å². The topological polar surface area (TPSA) is 64.6 Å². The highest BCUT2D eigenvalue weighted by Gasteiger charge is 2.40. The van der Waals surface area contributed by atoms with E-state index in [2.05, 4.69) is 5.32 Å². The Kier molecular flexibility index (Phi) is 4.54. The first-order valence-electron chi connectivity index (χ1n) is 8.23. The lowest BCUT2D eigenvalue weighted by Crippen LogP contribution is -2.31. The van der Waals surface area contributed by atoms with Gasteiger partial charge >= 0.3 is 0 Å². The number of benzene rings is 2. The minimum absolute atomic E-state index is 0.0628. The summed E-state index contributed by atoms with van der Waals surface area (Å²) in [5, 5.41) is 2.19. The summed E-state index contributed by atoms with van der Waals surface area (Å²) in [5.41, 5.74) is 1.97. The third kappa shape index (κ3) is 3.27.